The number of halogens is 1. The third-order valence-electron chi connectivity index (χ3n) is 4.94. The molecule has 152 valence electrons. The third kappa shape index (κ3) is 3.74. The van der Waals surface area contributed by atoms with E-state index < -0.39 is 5.91 Å². The molecule has 3 heterocycles. The second-order valence-corrected chi connectivity index (χ2v) is 7.10. The van der Waals surface area contributed by atoms with Gasteiger partial charge in [0.15, 0.2) is 0 Å². The molecule has 1 amide bonds. The van der Waals surface area contributed by atoms with Gasteiger partial charge in [-0.2, -0.15) is 0 Å². The first kappa shape index (κ1) is 19.6. The number of nitrogens with zero attached hydrogens (tertiary/aromatic N) is 2. The van der Waals surface area contributed by atoms with Crippen molar-refractivity contribution in [3.05, 3.63) is 99.7 Å². The maximum absolute atomic E-state index is 13.5. The Hall–Kier alpha value is -3.74. The Bertz CT molecular complexity index is 1280. The van der Waals surface area contributed by atoms with Gasteiger partial charge in [0.2, 0.25) is 0 Å². The Morgan fingerprint density at radius 1 is 1.23 bits per heavy atom. The Balaban J connectivity index is 1.70. The first-order valence-corrected chi connectivity index (χ1v) is 9.53. The van der Waals surface area contributed by atoms with E-state index in [2.05, 4.69) is 10.3 Å². The topological polar surface area (TPSA) is 77.1 Å². The van der Waals surface area contributed by atoms with Crippen LogP contribution in [0.2, 0.25) is 0 Å². The molecule has 0 aliphatic carbocycles. The highest BCUT2D eigenvalue weighted by atomic mass is 19.1. The van der Waals surface area contributed by atoms with Gasteiger partial charge >= 0.3 is 0 Å². The molecule has 6 nitrogen and oxygen atoms in total. The number of benzene rings is 1. The van der Waals surface area contributed by atoms with Gasteiger partial charge in [0.05, 0.1) is 29.2 Å². The van der Waals surface area contributed by atoms with Crippen LogP contribution in [0.15, 0.2) is 70.1 Å². The Kier molecular flexibility index (Phi) is 5.18. The Labute approximate surface area is 172 Å². The quantitative estimate of drug-likeness (QED) is 0.545. The highest BCUT2D eigenvalue weighted by Gasteiger charge is 2.23. The number of fused-ring (bicyclic) bond motifs is 1. The van der Waals surface area contributed by atoms with Crippen LogP contribution < -0.4 is 10.9 Å². The fourth-order valence-corrected chi connectivity index (χ4v) is 3.47. The lowest BCUT2D eigenvalue weighted by Crippen LogP contribution is -2.29. The van der Waals surface area contributed by atoms with E-state index in [0.717, 1.165) is 0 Å². The van der Waals surface area contributed by atoms with Gasteiger partial charge in [0, 0.05) is 12.4 Å². The van der Waals surface area contributed by atoms with Crippen LogP contribution in [0.5, 0.6) is 0 Å². The number of carbonyl (C=O) groups excluding carboxylic acids is 1. The molecule has 4 rings (SSSR count). The molecule has 7 heteroatoms. The number of furan rings is 1. The molecular weight excluding hydrogens is 385 g/mol. The lowest BCUT2D eigenvalue weighted by molar-refractivity contribution is 0.0939. The van der Waals surface area contributed by atoms with Gasteiger partial charge in [-0.1, -0.05) is 18.2 Å². The van der Waals surface area contributed by atoms with Gasteiger partial charge in [-0.05, 0) is 49.7 Å². The average molecular weight is 405 g/mol. The molecule has 3 aromatic heterocycles. The second-order valence-electron chi connectivity index (χ2n) is 7.10. The second kappa shape index (κ2) is 7.94. The van der Waals surface area contributed by atoms with E-state index in [9.17, 15) is 14.0 Å². The van der Waals surface area contributed by atoms with Crippen LogP contribution >= 0.6 is 0 Å². The minimum atomic E-state index is -0.412. The van der Waals surface area contributed by atoms with Crippen LogP contribution in [0.3, 0.4) is 0 Å². The fraction of sp³-hybridized carbons (Fsp3) is 0.174. The van der Waals surface area contributed by atoms with Crippen molar-refractivity contribution >= 4 is 16.9 Å². The predicted molar refractivity (Wildman–Crippen MR) is 111 cm³/mol. The van der Waals surface area contributed by atoms with Gasteiger partial charge in [-0.3, -0.25) is 14.6 Å². The molecule has 0 bridgehead atoms. The maximum Gasteiger partial charge on any atom is 0.262 e. The molecule has 0 saturated heterocycles. The molecular formula is C23H20FN3O3. The summed E-state index contributed by atoms with van der Waals surface area (Å²) in [7, 11) is 0. The van der Waals surface area contributed by atoms with Crippen LogP contribution in [0.4, 0.5) is 4.39 Å². The molecule has 30 heavy (non-hydrogen) atoms. The van der Waals surface area contributed by atoms with E-state index in [4.69, 9.17) is 4.42 Å². The molecule has 0 radical (unpaired) electrons. The third-order valence-corrected chi connectivity index (χ3v) is 4.94. The van der Waals surface area contributed by atoms with E-state index in [1.54, 1.807) is 43.6 Å². The van der Waals surface area contributed by atoms with Crippen molar-refractivity contribution in [3.8, 4) is 0 Å². The summed E-state index contributed by atoms with van der Waals surface area (Å²) in [5, 5.41) is 3.08. The van der Waals surface area contributed by atoms with Gasteiger partial charge in [0.25, 0.3) is 11.5 Å². The zero-order chi connectivity index (χ0) is 21.3. The molecule has 1 N–H and O–H groups in total. The molecule has 0 aliphatic rings. The van der Waals surface area contributed by atoms with Crippen molar-refractivity contribution in [1.82, 2.24) is 14.9 Å². The molecule has 4 aromatic rings. The van der Waals surface area contributed by atoms with Crippen LogP contribution in [-0.2, 0) is 6.54 Å². The lowest BCUT2D eigenvalue weighted by Gasteiger charge is -2.13. The average Bonchev–Trinajstić information content (AvgIpc) is 3.07. The summed E-state index contributed by atoms with van der Waals surface area (Å²) in [4.78, 5) is 30.4. The van der Waals surface area contributed by atoms with Crippen LogP contribution in [-0.4, -0.2) is 15.5 Å². The number of aromatic nitrogens is 2. The van der Waals surface area contributed by atoms with Gasteiger partial charge in [-0.25, -0.2) is 4.39 Å². The first-order chi connectivity index (χ1) is 14.4. The fourth-order valence-electron chi connectivity index (χ4n) is 3.47. The van der Waals surface area contributed by atoms with Crippen molar-refractivity contribution in [2.75, 3.05) is 0 Å². The van der Waals surface area contributed by atoms with E-state index in [0.29, 0.717) is 22.6 Å². The SMILES string of the molecule is Cc1oc2ccn(Cc3cccc(F)c3)c(=O)c2c1C(=O)NC(C)c1ccccn1. The number of carbonyl (C=O) groups is 1. The summed E-state index contributed by atoms with van der Waals surface area (Å²) in [5.41, 5.74) is 1.52. The summed E-state index contributed by atoms with van der Waals surface area (Å²) >= 11 is 0. The van der Waals surface area contributed by atoms with Crippen molar-refractivity contribution in [2.24, 2.45) is 0 Å². The number of pyridine rings is 2. The smallest absolute Gasteiger partial charge is 0.262 e. The normalized spacial score (nSPS) is 12.1. The number of rotatable bonds is 5. The Morgan fingerprint density at radius 3 is 2.80 bits per heavy atom. The molecule has 0 aliphatic heterocycles. The van der Waals surface area contributed by atoms with Crippen molar-refractivity contribution in [2.45, 2.75) is 26.4 Å². The minimum absolute atomic E-state index is 0.183. The van der Waals surface area contributed by atoms with Crippen LogP contribution in [0, 0.1) is 12.7 Å². The number of aryl methyl sites for hydroxylation is 1. The van der Waals surface area contributed by atoms with Gasteiger partial charge in [-0.15, -0.1) is 0 Å². The summed E-state index contributed by atoms with van der Waals surface area (Å²) in [6.45, 7) is 3.65. The molecule has 1 atom stereocenters. The zero-order valence-electron chi connectivity index (χ0n) is 16.6. The number of amides is 1. The zero-order valence-corrected chi connectivity index (χ0v) is 16.6. The van der Waals surface area contributed by atoms with Crippen LogP contribution in [0.1, 0.15) is 40.3 Å². The highest BCUT2D eigenvalue weighted by Crippen LogP contribution is 2.23. The first-order valence-electron chi connectivity index (χ1n) is 9.53. The van der Waals surface area contributed by atoms with Gasteiger partial charge < -0.3 is 14.3 Å². The molecule has 1 unspecified atom stereocenters. The van der Waals surface area contributed by atoms with Gasteiger partial charge in [0.1, 0.15) is 17.2 Å². The standard InChI is InChI=1S/C23H20FN3O3/c1-14(18-8-3-4-10-25-18)26-22(28)20-15(2)30-19-9-11-27(23(29)21(19)20)13-16-6-5-7-17(24)12-16/h3-12,14H,13H2,1-2H3,(H,26,28). The molecule has 0 fully saturated rings. The molecule has 1 aromatic carbocycles. The number of hydrogen-bond acceptors (Lipinski definition) is 4. The summed E-state index contributed by atoms with van der Waals surface area (Å²) in [6.07, 6.45) is 3.23. The van der Waals surface area contributed by atoms with E-state index >= 15 is 0 Å². The summed E-state index contributed by atoms with van der Waals surface area (Å²) in [5.74, 6) is -0.425. The minimum Gasteiger partial charge on any atom is -0.460 e. The van der Waals surface area contributed by atoms with Crippen LogP contribution in [0.25, 0.3) is 11.0 Å². The number of hydrogen-bond donors (Lipinski definition) is 1. The highest BCUT2D eigenvalue weighted by molar-refractivity contribution is 6.07. The summed E-state index contributed by atoms with van der Waals surface area (Å²) < 4.78 is 20.6. The van der Waals surface area contributed by atoms with Crippen molar-refractivity contribution in [3.63, 3.8) is 0 Å². The Morgan fingerprint density at radius 2 is 2.07 bits per heavy atom. The van der Waals surface area contributed by atoms with Crippen molar-refractivity contribution < 1.29 is 13.6 Å². The van der Waals surface area contributed by atoms with E-state index in [1.165, 1.54) is 16.7 Å². The largest absolute Gasteiger partial charge is 0.460 e. The molecule has 0 saturated carbocycles. The lowest BCUT2D eigenvalue weighted by atomic mass is 10.1. The van der Waals surface area contributed by atoms with Crippen molar-refractivity contribution in [1.29, 1.82) is 0 Å². The molecule has 0 spiro atoms. The van der Waals surface area contributed by atoms with E-state index in [-0.39, 0.29) is 34.9 Å². The van der Waals surface area contributed by atoms with E-state index in [1.807, 2.05) is 19.1 Å². The number of nitrogens with one attached hydrogen (secondary N) is 1. The monoisotopic (exact) mass is 405 g/mol. The summed E-state index contributed by atoms with van der Waals surface area (Å²) in [6, 6.07) is 12.8. The maximum atomic E-state index is 13.5. The predicted octanol–water partition coefficient (Wildman–Crippen LogP) is 3.98.